The van der Waals surface area contributed by atoms with Crippen LogP contribution in [0.2, 0.25) is 0 Å². The lowest BCUT2D eigenvalue weighted by Gasteiger charge is -2.12. The first-order valence-corrected chi connectivity index (χ1v) is 6.58. The molecule has 0 saturated heterocycles. The molecule has 0 amide bonds. The van der Waals surface area contributed by atoms with Crippen molar-refractivity contribution in [1.82, 2.24) is 9.55 Å². The molecule has 0 saturated carbocycles. The zero-order valence-electron chi connectivity index (χ0n) is 11.8. The first kappa shape index (κ1) is 13.1. The molecule has 2 heterocycles. The Hall–Kier alpha value is -2.93. The molecule has 21 heavy (non-hydrogen) atoms. The highest BCUT2D eigenvalue weighted by Gasteiger charge is 2.16. The van der Waals surface area contributed by atoms with Crippen LogP contribution in [0.3, 0.4) is 0 Å². The summed E-state index contributed by atoms with van der Waals surface area (Å²) in [6, 6.07) is 13.7. The Morgan fingerprint density at radius 1 is 1.19 bits per heavy atom. The number of benzene rings is 1. The summed E-state index contributed by atoms with van der Waals surface area (Å²) in [4.78, 5) is 16.5. The van der Waals surface area contributed by atoms with Crippen LogP contribution in [0.5, 0.6) is 0 Å². The topological polar surface area (TPSA) is 58.7 Å². The van der Waals surface area contributed by atoms with Crippen LogP contribution in [0, 0.1) is 18.3 Å². The number of nitrogens with zero attached hydrogens (tertiary/aromatic N) is 3. The van der Waals surface area contributed by atoms with Crippen LogP contribution >= 0.6 is 0 Å². The van der Waals surface area contributed by atoms with E-state index in [-0.39, 0.29) is 5.56 Å². The van der Waals surface area contributed by atoms with Crippen molar-refractivity contribution in [1.29, 1.82) is 5.26 Å². The molecule has 102 valence electrons. The summed E-state index contributed by atoms with van der Waals surface area (Å²) in [6.45, 7) is 2.01. The fraction of sp³-hybridized carbons (Fsp3) is 0.118. The van der Waals surface area contributed by atoms with Gasteiger partial charge in [-0.1, -0.05) is 35.9 Å². The van der Waals surface area contributed by atoms with Gasteiger partial charge in [0.15, 0.2) is 0 Å². The number of fused-ring (bicyclic) bond motifs is 1. The van der Waals surface area contributed by atoms with Crippen LogP contribution in [0.15, 0.2) is 47.4 Å². The number of aromatic nitrogens is 2. The van der Waals surface area contributed by atoms with Gasteiger partial charge in [-0.25, -0.2) is 0 Å². The van der Waals surface area contributed by atoms with Gasteiger partial charge in [0, 0.05) is 24.2 Å². The van der Waals surface area contributed by atoms with Crippen LogP contribution in [0.25, 0.3) is 22.0 Å². The van der Waals surface area contributed by atoms with E-state index in [0.717, 1.165) is 16.7 Å². The zero-order valence-corrected chi connectivity index (χ0v) is 11.8. The fourth-order valence-corrected chi connectivity index (χ4v) is 2.48. The molecule has 1 aromatic carbocycles. The van der Waals surface area contributed by atoms with Gasteiger partial charge in [-0.05, 0) is 18.6 Å². The Labute approximate surface area is 121 Å². The second kappa shape index (κ2) is 4.88. The number of hydrogen-bond donors (Lipinski definition) is 0. The monoisotopic (exact) mass is 275 g/mol. The van der Waals surface area contributed by atoms with E-state index in [2.05, 4.69) is 11.1 Å². The predicted octanol–water partition coefficient (Wildman–Crippen LogP) is 2.78. The summed E-state index contributed by atoms with van der Waals surface area (Å²) >= 11 is 0. The molecule has 4 heteroatoms. The number of rotatable bonds is 1. The minimum absolute atomic E-state index is 0.252. The molecule has 2 aromatic heterocycles. The first-order valence-electron chi connectivity index (χ1n) is 6.58. The minimum Gasteiger partial charge on any atom is -0.301 e. The molecular weight excluding hydrogens is 262 g/mol. The van der Waals surface area contributed by atoms with Crippen molar-refractivity contribution in [2.45, 2.75) is 6.92 Å². The van der Waals surface area contributed by atoms with E-state index in [9.17, 15) is 10.1 Å². The first-order chi connectivity index (χ1) is 10.1. The molecule has 0 fully saturated rings. The van der Waals surface area contributed by atoms with Gasteiger partial charge >= 0.3 is 0 Å². The molecule has 0 aliphatic carbocycles. The summed E-state index contributed by atoms with van der Waals surface area (Å²) in [5, 5.41) is 10.2. The molecule has 0 unspecified atom stereocenters. The highest BCUT2D eigenvalue weighted by Crippen LogP contribution is 2.29. The van der Waals surface area contributed by atoms with Gasteiger partial charge in [-0.3, -0.25) is 9.78 Å². The van der Waals surface area contributed by atoms with Gasteiger partial charge < -0.3 is 4.57 Å². The maximum Gasteiger partial charge on any atom is 0.277 e. The molecule has 0 N–H and O–H groups in total. The fourth-order valence-electron chi connectivity index (χ4n) is 2.48. The average molecular weight is 275 g/mol. The highest BCUT2D eigenvalue weighted by atomic mass is 16.1. The smallest absolute Gasteiger partial charge is 0.277 e. The van der Waals surface area contributed by atoms with Crippen LogP contribution in [-0.4, -0.2) is 9.55 Å². The van der Waals surface area contributed by atoms with Crippen molar-refractivity contribution in [2.24, 2.45) is 7.05 Å². The Kier molecular flexibility index (Phi) is 3.03. The standard InChI is InChI=1S/C17H13N3O/c1-11-5-7-12(8-6-11)15-13-4-3-9-19-16(13)17(21)20(2)14(15)10-18/h3-9H,1-2H3. The molecule has 0 bridgehead atoms. The van der Waals surface area contributed by atoms with Gasteiger partial charge in [0.2, 0.25) is 0 Å². The molecule has 0 spiro atoms. The predicted molar refractivity (Wildman–Crippen MR) is 81.9 cm³/mol. The van der Waals surface area contributed by atoms with E-state index >= 15 is 0 Å². The van der Waals surface area contributed by atoms with Gasteiger partial charge in [0.05, 0.1) is 0 Å². The van der Waals surface area contributed by atoms with Gasteiger partial charge in [-0.15, -0.1) is 0 Å². The Morgan fingerprint density at radius 2 is 1.90 bits per heavy atom. The van der Waals surface area contributed by atoms with Crippen molar-refractivity contribution in [3.63, 3.8) is 0 Å². The highest BCUT2D eigenvalue weighted by molar-refractivity contribution is 5.96. The van der Waals surface area contributed by atoms with E-state index in [1.54, 1.807) is 19.3 Å². The van der Waals surface area contributed by atoms with E-state index in [1.165, 1.54) is 4.57 Å². The Morgan fingerprint density at radius 3 is 2.57 bits per heavy atom. The van der Waals surface area contributed by atoms with Gasteiger partial charge in [-0.2, -0.15) is 5.26 Å². The lowest BCUT2D eigenvalue weighted by Crippen LogP contribution is -2.21. The van der Waals surface area contributed by atoms with Gasteiger partial charge in [0.1, 0.15) is 17.3 Å². The van der Waals surface area contributed by atoms with Crippen LogP contribution in [-0.2, 0) is 7.05 Å². The van der Waals surface area contributed by atoms with Crippen LogP contribution in [0.1, 0.15) is 11.3 Å². The lowest BCUT2D eigenvalue weighted by atomic mass is 9.98. The third-order valence-corrected chi connectivity index (χ3v) is 3.60. The Balaban J connectivity index is 2.51. The largest absolute Gasteiger partial charge is 0.301 e. The quantitative estimate of drug-likeness (QED) is 0.686. The molecule has 3 aromatic rings. The van der Waals surface area contributed by atoms with Crippen LogP contribution < -0.4 is 5.56 Å². The summed E-state index contributed by atoms with van der Waals surface area (Å²) in [6.07, 6.45) is 1.59. The minimum atomic E-state index is -0.252. The van der Waals surface area contributed by atoms with E-state index in [1.807, 2.05) is 37.3 Å². The third-order valence-electron chi connectivity index (χ3n) is 3.60. The second-order valence-corrected chi connectivity index (χ2v) is 4.97. The maximum atomic E-state index is 12.3. The normalized spacial score (nSPS) is 10.5. The molecule has 0 aliphatic rings. The summed E-state index contributed by atoms with van der Waals surface area (Å²) in [5.74, 6) is 0. The summed E-state index contributed by atoms with van der Waals surface area (Å²) in [5.41, 5.74) is 3.29. The zero-order chi connectivity index (χ0) is 15.0. The molecule has 0 aliphatic heterocycles. The van der Waals surface area contributed by atoms with E-state index in [0.29, 0.717) is 16.6 Å². The van der Waals surface area contributed by atoms with Crippen molar-refractivity contribution in [2.75, 3.05) is 0 Å². The summed E-state index contributed by atoms with van der Waals surface area (Å²) in [7, 11) is 1.60. The van der Waals surface area contributed by atoms with Crippen molar-refractivity contribution < 1.29 is 0 Å². The summed E-state index contributed by atoms with van der Waals surface area (Å²) < 4.78 is 1.37. The number of aryl methyl sites for hydroxylation is 1. The lowest BCUT2D eigenvalue weighted by molar-refractivity contribution is 0.853. The van der Waals surface area contributed by atoms with Crippen molar-refractivity contribution in [3.8, 4) is 17.2 Å². The molecule has 4 nitrogen and oxygen atoms in total. The number of hydrogen-bond acceptors (Lipinski definition) is 3. The second-order valence-electron chi connectivity index (χ2n) is 4.97. The van der Waals surface area contributed by atoms with Crippen LogP contribution in [0.4, 0.5) is 0 Å². The van der Waals surface area contributed by atoms with Crippen molar-refractivity contribution >= 4 is 10.9 Å². The number of nitriles is 1. The van der Waals surface area contributed by atoms with Crippen molar-refractivity contribution in [3.05, 3.63) is 64.2 Å². The molecular formula is C17H13N3O. The molecule has 0 atom stereocenters. The molecule has 3 rings (SSSR count). The van der Waals surface area contributed by atoms with E-state index < -0.39 is 0 Å². The van der Waals surface area contributed by atoms with E-state index in [4.69, 9.17) is 0 Å². The third kappa shape index (κ3) is 2.00. The number of pyridine rings is 2. The SMILES string of the molecule is Cc1ccc(-c2c(C#N)n(C)c(=O)c3ncccc23)cc1. The van der Waals surface area contributed by atoms with Gasteiger partial charge in [0.25, 0.3) is 5.56 Å². The maximum absolute atomic E-state index is 12.3. The molecule has 0 radical (unpaired) electrons. The Bertz CT molecular complexity index is 931. The average Bonchev–Trinajstić information content (AvgIpc) is 2.52.